The Kier molecular flexibility index (Phi) is 12.1. The smallest absolute Gasteiger partial charge is 0.248 e. The highest BCUT2D eigenvalue weighted by atomic mass is 79.9. The number of hydrogen-bond donors (Lipinski definition) is 4. The lowest BCUT2D eigenvalue weighted by Gasteiger charge is -2.08. The standard InChI is InChI=1S/C24H19FN4O.C18H15BrN4O/c25-21-11-9-18(10-12-21)17-3-1-16(2-4-17)15-28-24-27-14-13-22(29-24)19-5-7-20(8-6-19)23(26)30;19-15-7-1-12(2-8-15)11-22-18-21-10-9-16(23-18)13-3-5-14(6-4-13)17(20)24/h1-14H,15H2,(H2,26,30)(H,27,28,29);1-10H,11H2,(H2,20,24)(H,21,22,23). The Labute approximate surface area is 319 Å². The van der Waals surface area contributed by atoms with Crippen LogP contribution in [0.3, 0.4) is 0 Å². The zero-order valence-electron chi connectivity index (χ0n) is 28.8. The van der Waals surface area contributed by atoms with Gasteiger partial charge in [0.25, 0.3) is 0 Å². The predicted molar refractivity (Wildman–Crippen MR) is 213 cm³/mol. The number of nitrogens with two attached hydrogens (primary N) is 2. The normalized spacial score (nSPS) is 10.5. The second-order valence-corrected chi connectivity index (χ2v) is 12.9. The van der Waals surface area contributed by atoms with E-state index >= 15 is 0 Å². The number of carbonyl (C=O) groups is 2. The van der Waals surface area contributed by atoms with Crippen molar-refractivity contribution in [2.24, 2.45) is 11.5 Å². The number of nitrogens with one attached hydrogen (secondary N) is 2. The van der Waals surface area contributed by atoms with Crippen LogP contribution in [0.4, 0.5) is 16.3 Å². The van der Waals surface area contributed by atoms with Gasteiger partial charge in [0.2, 0.25) is 23.7 Å². The van der Waals surface area contributed by atoms with Gasteiger partial charge in [0.1, 0.15) is 5.82 Å². The molecule has 0 unspecified atom stereocenters. The van der Waals surface area contributed by atoms with Crippen LogP contribution in [0.5, 0.6) is 0 Å². The molecule has 0 saturated heterocycles. The summed E-state index contributed by atoms with van der Waals surface area (Å²) in [4.78, 5) is 39.9. The molecule has 0 aliphatic rings. The fraction of sp³-hybridized carbons (Fsp3) is 0.0476. The fourth-order valence-electron chi connectivity index (χ4n) is 5.24. The molecule has 268 valence electrons. The third-order valence-corrected chi connectivity index (χ3v) is 8.72. The van der Waals surface area contributed by atoms with Crippen molar-refractivity contribution in [2.75, 3.05) is 10.6 Å². The Hall–Kier alpha value is -6.79. The summed E-state index contributed by atoms with van der Waals surface area (Å²) in [6, 6.07) is 40.1. The number of nitrogens with zero attached hydrogens (tertiary/aromatic N) is 4. The van der Waals surface area contributed by atoms with Crippen molar-refractivity contribution in [3.63, 3.8) is 0 Å². The summed E-state index contributed by atoms with van der Waals surface area (Å²) in [5, 5.41) is 6.43. The predicted octanol–water partition coefficient (Wildman–Crippen LogP) is 8.28. The highest BCUT2D eigenvalue weighted by molar-refractivity contribution is 9.10. The van der Waals surface area contributed by atoms with E-state index in [4.69, 9.17) is 11.5 Å². The van der Waals surface area contributed by atoms with Gasteiger partial charge in [-0.3, -0.25) is 9.59 Å². The molecule has 0 fully saturated rings. The number of aromatic nitrogens is 4. The third-order valence-electron chi connectivity index (χ3n) is 8.19. The minimum absolute atomic E-state index is 0.245. The summed E-state index contributed by atoms with van der Waals surface area (Å²) < 4.78 is 14.1. The van der Waals surface area contributed by atoms with Crippen LogP contribution in [0, 0.1) is 5.82 Å². The SMILES string of the molecule is NC(=O)c1ccc(-c2ccnc(NCc3ccc(-c4ccc(F)cc4)cc3)n2)cc1.NC(=O)c1ccc(-c2ccnc(NCc3ccc(Br)cc3)n2)cc1. The Morgan fingerprint density at radius 1 is 0.519 bits per heavy atom. The molecule has 7 rings (SSSR count). The quantitative estimate of drug-likeness (QED) is 0.102. The first-order chi connectivity index (χ1) is 26.2. The second-order valence-electron chi connectivity index (χ2n) is 12.0. The van der Waals surface area contributed by atoms with Gasteiger partial charge in [-0.15, -0.1) is 0 Å². The third kappa shape index (κ3) is 10.2. The number of benzene rings is 5. The minimum atomic E-state index is -0.461. The molecule has 2 aromatic heterocycles. The van der Waals surface area contributed by atoms with E-state index in [1.165, 1.54) is 12.1 Å². The van der Waals surface area contributed by atoms with Crippen LogP contribution in [0.25, 0.3) is 33.6 Å². The molecule has 12 heteroatoms. The molecule has 54 heavy (non-hydrogen) atoms. The second kappa shape index (κ2) is 17.6. The molecule has 2 heterocycles. The van der Waals surface area contributed by atoms with Crippen LogP contribution in [0.1, 0.15) is 31.8 Å². The van der Waals surface area contributed by atoms with E-state index in [1.54, 1.807) is 60.9 Å². The first kappa shape index (κ1) is 37.0. The topological polar surface area (TPSA) is 162 Å². The molecular weight excluding hydrogens is 747 g/mol. The van der Waals surface area contributed by atoms with E-state index in [2.05, 4.69) is 46.5 Å². The zero-order chi connectivity index (χ0) is 37.9. The maximum atomic E-state index is 13.1. The van der Waals surface area contributed by atoms with Crippen LogP contribution in [-0.2, 0) is 13.1 Å². The number of primary amides is 2. The summed E-state index contributed by atoms with van der Waals surface area (Å²) >= 11 is 3.42. The summed E-state index contributed by atoms with van der Waals surface area (Å²) in [6.45, 7) is 1.20. The van der Waals surface area contributed by atoms with Gasteiger partial charge in [0, 0.05) is 52.2 Å². The van der Waals surface area contributed by atoms with Crippen molar-refractivity contribution in [3.8, 4) is 33.6 Å². The highest BCUT2D eigenvalue weighted by Crippen LogP contribution is 2.22. The van der Waals surface area contributed by atoms with Crippen molar-refractivity contribution >= 4 is 39.6 Å². The molecule has 10 nitrogen and oxygen atoms in total. The first-order valence-electron chi connectivity index (χ1n) is 16.7. The average molecular weight is 782 g/mol. The molecule has 0 spiro atoms. The van der Waals surface area contributed by atoms with Gasteiger partial charge in [0.05, 0.1) is 11.4 Å². The maximum Gasteiger partial charge on any atom is 0.248 e. The number of hydrogen-bond acceptors (Lipinski definition) is 8. The molecule has 0 atom stereocenters. The van der Waals surface area contributed by atoms with E-state index in [0.29, 0.717) is 36.1 Å². The van der Waals surface area contributed by atoms with Crippen LogP contribution in [-0.4, -0.2) is 31.8 Å². The van der Waals surface area contributed by atoms with Gasteiger partial charge in [-0.05, 0) is 82.9 Å². The van der Waals surface area contributed by atoms with Gasteiger partial charge >= 0.3 is 0 Å². The van der Waals surface area contributed by atoms with Crippen molar-refractivity contribution in [1.82, 2.24) is 19.9 Å². The Bertz CT molecular complexity index is 2340. The molecule has 7 aromatic rings. The molecule has 6 N–H and O–H groups in total. The van der Waals surface area contributed by atoms with Gasteiger partial charge in [-0.25, -0.2) is 24.3 Å². The van der Waals surface area contributed by atoms with Crippen molar-refractivity contribution in [1.29, 1.82) is 0 Å². The average Bonchev–Trinajstić information content (AvgIpc) is 3.21. The van der Waals surface area contributed by atoms with Crippen molar-refractivity contribution in [3.05, 3.63) is 178 Å². The van der Waals surface area contributed by atoms with Crippen molar-refractivity contribution in [2.45, 2.75) is 13.1 Å². The van der Waals surface area contributed by atoms with Gasteiger partial charge < -0.3 is 22.1 Å². The molecule has 2 amide bonds. The van der Waals surface area contributed by atoms with Crippen molar-refractivity contribution < 1.29 is 14.0 Å². The fourth-order valence-corrected chi connectivity index (χ4v) is 5.51. The molecule has 5 aromatic carbocycles. The van der Waals surface area contributed by atoms with Gasteiger partial charge in [0.15, 0.2) is 0 Å². The first-order valence-corrected chi connectivity index (χ1v) is 17.5. The number of halogens is 2. The van der Waals surface area contributed by atoms with Crippen LogP contribution in [0.2, 0.25) is 0 Å². The molecule has 0 aliphatic heterocycles. The Morgan fingerprint density at radius 2 is 0.889 bits per heavy atom. The summed E-state index contributed by atoms with van der Waals surface area (Å²) in [6.07, 6.45) is 3.39. The summed E-state index contributed by atoms with van der Waals surface area (Å²) in [7, 11) is 0. The summed E-state index contributed by atoms with van der Waals surface area (Å²) in [5.41, 5.74) is 18.9. The van der Waals surface area contributed by atoms with E-state index in [0.717, 1.165) is 49.2 Å². The molecule has 0 aliphatic carbocycles. The minimum Gasteiger partial charge on any atom is -0.366 e. The zero-order valence-corrected chi connectivity index (χ0v) is 30.4. The molecule has 0 bridgehead atoms. The Morgan fingerprint density at radius 3 is 1.30 bits per heavy atom. The van der Waals surface area contributed by atoms with E-state index in [9.17, 15) is 14.0 Å². The van der Waals surface area contributed by atoms with Gasteiger partial charge in [-0.2, -0.15) is 0 Å². The molecular formula is C42H34BrFN8O2. The molecule has 0 saturated carbocycles. The van der Waals surface area contributed by atoms with E-state index < -0.39 is 11.8 Å². The highest BCUT2D eigenvalue weighted by Gasteiger charge is 2.07. The maximum absolute atomic E-state index is 13.1. The lowest BCUT2D eigenvalue weighted by molar-refractivity contribution is 0.0992. The monoisotopic (exact) mass is 780 g/mol. The lowest BCUT2D eigenvalue weighted by atomic mass is 10.0. The van der Waals surface area contributed by atoms with E-state index in [-0.39, 0.29) is 5.82 Å². The van der Waals surface area contributed by atoms with Crippen LogP contribution in [0.15, 0.2) is 150 Å². The summed E-state index contributed by atoms with van der Waals surface area (Å²) in [5.74, 6) is -0.0905. The number of carbonyl (C=O) groups excluding carboxylic acids is 2. The molecule has 0 radical (unpaired) electrons. The number of rotatable bonds is 11. The van der Waals surface area contributed by atoms with E-state index in [1.807, 2.05) is 72.8 Å². The van der Waals surface area contributed by atoms with Crippen LogP contribution >= 0.6 is 15.9 Å². The lowest BCUT2D eigenvalue weighted by Crippen LogP contribution is -2.10. The Balaban J connectivity index is 0.000000189. The number of anilines is 2. The number of amides is 2. The largest absolute Gasteiger partial charge is 0.366 e. The van der Waals surface area contributed by atoms with Crippen LogP contribution < -0.4 is 22.1 Å². The van der Waals surface area contributed by atoms with Gasteiger partial charge in [-0.1, -0.05) is 88.7 Å².